The number of carbonyl (C=O) groups is 1. The molecular weight excluding hydrogens is 487 g/mol. The molecule has 0 aromatic heterocycles. The highest BCUT2D eigenvalue weighted by Crippen LogP contribution is 2.31. The molecule has 1 amide bonds. The Morgan fingerprint density at radius 2 is 1.80 bits per heavy atom. The number of aliphatic imine (C=N–C) groups is 1. The Labute approximate surface area is 197 Å². The summed E-state index contributed by atoms with van der Waals surface area (Å²) >= 11 is 0. The Morgan fingerprint density at radius 1 is 1.10 bits per heavy atom. The maximum atomic E-state index is 12.1. The van der Waals surface area contributed by atoms with E-state index in [1.54, 1.807) is 0 Å². The molecule has 1 aliphatic rings. The smallest absolute Gasteiger partial charge is 0.225 e. The van der Waals surface area contributed by atoms with Gasteiger partial charge in [0.25, 0.3) is 0 Å². The van der Waals surface area contributed by atoms with E-state index < -0.39 is 0 Å². The molecule has 0 saturated heterocycles. The SMILES string of the molecule is CCNC(=NCC(C)(C)Cc1ccccc1)NCC1CC(=O)Nc2ccccc21.I. The molecule has 1 heterocycles. The zero-order valence-corrected chi connectivity index (χ0v) is 20.4. The van der Waals surface area contributed by atoms with Crippen molar-refractivity contribution in [2.75, 3.05) is 25.0 Å². The molecule has 3 N–H and O–H groups in total. The van der Waals surface area contributed by atoms with Crippen LogP contribution < -0.4 is 16.0 Å². The molecule has 2 aromatic rings. The molecule has 0 radical (unpaired) electrons. The van der Waals surface area contributed by atoms with Gasteiger partial charge in [-0.2, -0.15) is 0 Å². The first-order chi connectivity index (χ1) is 14.0. The van der Waals surface area contributed by atoms with Gasteiger partial charge in [0.1, 0.15) is 0 Å². The maximum Gasteiger partial charge on any atom is 0.225 e. The van der Waals surface area contributed by atoms with Gasteiger partial charge in [0.15, 0.2) is 5.96 Å². The van der Waals surface area contributed by atoms with Gasteiger partial charge in [-0.15, -0.1) is 24.0 Å². The monoisotopic (exact) mass is 520 g/mol. The second-order valence-electron chi connectivity index (χ2n) is 8.44. The standard InChI is InChI=1S/C24H32N4O.HI/c1-4-25-23(27-17-24(2,3)15-18-10-6-5-7-11-18)26-16-19-14-22(29)28-21-13-9-8-12-20(19)21;/h5-13,19H,4,14-17H2,1-3H3,(H,28,29)(H2,25,26,27);1H. The summed E-state index contributed by atoms with van der Waals surface area (Å²) in [7, 11) is 0. The van der Waals surface area contributed by atoms with Crippen LogP contribution >= 0.6 is 24.0 Å². The molecule has 0 spiro atoms. The van der Waals surface area contributed by atoms with Crippen LogP contribution in [-0.4, -0.2) is 31.5 Å². The van der Waals surface area contributed by atoms with Crippen LogP contribution in [0.25, 0.3) is 0 Å². The lowest BCUT2D eigenvalue weighted by atomic mass is 9.86. The Kier molecular flexibility index (Phi) is 9.14. The summed E-state index contributed by atoms with van der Waals surface area (Å²) in [5, 5.41) is 9.74. The van der Waals surface area contributed by atoms with Crippen LogP contribution in [-0.2, 0) is 11.2 Å². The van der Waals surface area contributed by atoms with Gasteiger partial charge in [0.05, 0.1) is 0 Å². The van der Waals surface area contributed by atoms with Gasteiger partial charge in [0.2, 0.25) is 5.91 Å². The quantitative estimate of drug-likeness (QED) is 0.285. The molecular formula is C24H33IN4O. The fourth-order valence-corrected chi connectivity index (χ4v) is 3.74. The lowest BCUT2D eigenvalue weighted by Crippen LogP contribution is -2.41. The first-order valence-electron chi connectivity index (χ1n) is 10.4. The number of nitrogens with one attached hydrogen (secondary N) is 3. The van der Waals surface area contributed by atoms with Crippen molar-refractivity contribution in [1.29, 1.82) is 0 Å². The number of fused-ring (bicyclic) bond motifs is 1. The van der Waals surface area contributed by atoms with Crippen molar-refractivity contribution in [3.05, 3.63) is 65.7 Å². The zero-order valence-electron chi connectivity index (χ0n) is 18.1. The first-order valence-corrected chi connectivity index (χ1v) is 10.4. The Morgan fingerprint density at radius 3 is 2.53 bits per heavy atom. The molecule has 162 valence electrons. The van der Waals surface area contributed by atoms with E-state index in [-0.39, 0.29) is 41.2 Å². The normalized spacial score (nSPS) is 16.2. The van der Waals surface area contributed by atoms with Gasteiger partial charge in [-0.05, 0) is 36.0 Å². The molecule has 2 aromatic carbocycles. The van der Waals surface area contributed by atoms with Crippen molar-refractivity contribution in [3.63, 3.8) is 0 Å². The number of anilines is 1. The van der Waals surface area contributed by atoms with Crippen LogP contribution in [0.15, 0.2) is 59.6 Å². The second-order valence-corrected chi connectivity index (χ2v) is 8.44. The topological polar surface area (TPSA) is 65.5 Å². The van der Waals surface area contributed by atoms with Crippen LogP contribution in [0.4, 0.5) is 5.69 Å². The molecule has 30 heavy (non-hydrogen) atoms. The summed E-state index contributed by atoms with van der Waals surface area (Å²) in [5.74, 6) is 1.01. The van der Waals surface area contributed by atoms with Crippen LogP contribution in [0.5, 0.6) is 0 Å². The predicted molar refractivity (Wildman–Crippen MR) is 136 cm³/mol. The summed E-state index contributed by atoms with van der Waals surface area (Å²) in [5.41, 5.74) is 3.48. The average Bonchev–Trinajstić information content (AvgIpc) is 2.70. The van der Waals surface area contributed by atoms with Crippen LogP contribution in [0.3, 0.4) is 0 Å². The minimum absolute atomic E-state index is 0. The summed E-state index contributed by atoms with van der Waals surface area (Å²) < 4.78 is 0. The molecule has 1 atom stereocenters. The fraction of sp³-hybridized carbons (Fsp3) is 0.417. The van der Waals surface area contributed by atoms with E-state index in [0.29, 0.717) is 13.0 Å². The summed E-state index contributed by atoms with van der Waals surface area (Å²) in [6, 6.07) is 18.6. The highest BCUT2D eigenvalue weighted by molar-refractivity contribution is 14.0. The highest BCUT2D eigenvalue weighted by Gasteiger charge is 2.25. The third-order valence-electron chi connectivity index (χ3n) is 5.16. The van der Waals surface area contributed by atoms with Crippen LogP contribution in [0.2, 0.25) is 0 Å². The average molecular weight is 520 g/mol. The van der Waals surface area contributed by atoms with E-state index in [1.165, 1.54) is 11.1 Å². The number of carbonyl (C=O) groups excluding carboxylic acids is 1. The molecule has 0 aliphatic carbocycles. The van der Waals surface area contributed by atoms with Crippen molar-refractivity contribution in [2.45, 2.75) is 39.5 Å². The Balaban J connectivity index is 0.00000320. The highest BCUT2D eigenvalue weighted by atomic mass is 127. The molecule has 0 bridgehead atoms. The van der Waals surface area contributed by atoms with Gasteiger partial charge < -0.3 is 16.0 Å². The summed E-state index contributed by atoms with van der Waals surface area (Å²) in [6.07, 6.45) is 1.47. The van der Waals surface area contributed by atoms with Gasteiger partial charge in [-0.25, -0.2) is 0 Å². The van der Waals surface area contributed by atoms with Gasteiger partial charge in [0, 0.05) is 37.7 Å². The molecule has 6 heteroatoms. The Hall–Kier alpha value is -2.09. The summed E-state index contributed by atoms with van der Waals surface area (Å²) in [4.78, 5) is 16.9. The third-order valence-corrected chi connectivity index (χ3v) is 5.16. The summed E-state index contributed by atoms with van der Waals surface area (Å²) in [6.45, 7) is 8.75. The van der Waals surface area contributed by atoms with Crippen LogP contribution in [0.1, 0.15) is 44.2 Å². The number of hydrogen-bond donors (Lipinski definition) is 3. The molecule has 0 saturated carbocycles. The largest absolute Gasteiger partial charge is 0.357 e. The van der Waals surface area contributed by atoms with E-state index in [9.17, 15) is 4.79 Å². The molecule has 1 aliphatic heterocycles. The molecule has 0 fully saturated rings. The lowest BCUT2D eigenvalue weighted by molar-refractivity contribution is -0.116. The van der Waals surface area contributed by atoms with Crippen molar-refractivity contribution in [2.24, 2.45) is 10.4 Å². The number of guanidine groups is 1. The first kappa shape index (κ1) is 24.2. The minimum Gasteiger partial charge on any atom is -0.357 e. The third kappa shape index (κ3) is 7.00. The lowest BCUT2D eigenvalue weighted by Gasteiger charge is -2.27. The van der Waals surface area contributed by atoms with E-state index >= 15 is 0 Å². The predicted octanol–water partition coefficient (Wildman–Crippen LogP) is 4.55. The second kappa shape index (κ2) is 11.3. The zero-order chi connectivity index (χ0) is 20.7. The number of rotatable bonds is 7. The van der Waals surface area contributed by atoms with Crippen molar-refractivity contribution < 1.29 is 4.79 Å². The maximum absolute atomic E-state index is 12.1. The van der Waals surface area contributed by atoms with E-state index in [1.807, 2.05) is 24.3 Å². The van der Waals surface area contributed by atoms with Crippen molar-refractivity contribution in [3.8, 4) is 0 Å². The number of hydrogen-bond acceptors (Lipinski definition) is 2. The number of amides is 1. The van der Waals surface area contributed by atoms with Gasteiger partial charge in [-0.3, -0.25) is 9.79 Å². The van der Waals surface area contributed by atoms with Crippen LogP contribution in [0, 0.1) is 5.41 Å². The van der Waals surface area contributed by atoms with Gasteiger partial charge in [-0.1, -0.05) is 62.4 Å². The molecule has 5 nitrogen and oxygen atoms in total. The van der Waals surface area contributed by atoms with Crippen molar-refractivity contribution >= 4 is 41.5 Å². The fourth-order valence-electron chi connectivity index (χ4n) is 3.74. The Bertz CT molecular complexity index is 851. The molecule has 3 rings (SSSR count). The minimum atomic E-state index is 0. The van der Waals surface area contributed by atoms with E-state index in [2.05, 4.69) is 67.1 Å². The number of halogens is 1. The van der Waals surface area contributed by atoms with Gasteiger partial charge >= 0.3 is 0 Å². The van der Waals surface area contributed by atoms with E-state index in [4.69, 9.17) is 4.99 Å². The number of nitrogens with zero attached hydrogens (tertiary/aromatic N) is 1. The number of benzene rings is 2. The van der Waals surface area contributed by atoms with E-state index in [0.717, 1.165) is 31.2 Å². The van der Waals surface area contributed by atoms with Crippen molar-refractivity contribution in [1.82, 2.24) is 10.6 Å². The number of para-hydroxylation sites is 1. The molecule has 1 unspecified atom stereocenters.